The van der Waals surface area contributed by atoms with Gasteiger partial charge in [0.1, 0.15) is 0 Å². The standard InChI is InChI=1S/C12H13NO3S/c1-2-16-6-5-11-13-9-4-3-8(12(14)15)7-10(9)17-11/h3-4,7H,2,5-6H2,1H3,(H,14,15). The fourth-order valence-electron chi connectivity index (χ4n) is 1.52. The zero-order valence-corrected chi connectivity index (χ0v) is 10.3. The molecule has 2 rings (SSSR count). The van der Waals surface area contributed by atoms with Gasteiger partial charge in [0.25, 0.3) is 0 Å². The summed E-state index contributed by atoms with van der Waals surface area (Å²) in [6.07, 6.45) is 0.773. The first kappa shape index (κ1) is 12.0. The van der Waals surface area contributed by atoms with Gasteiger partial charge in [0.05, 0.1) is 27.4 Å². The Labute approximate surface area is 103 Å². The molecule has 0 aliphatic rings. The Morgan fingerprint density at radius 3 is 3.06 bits per heavy atom. The van der Waals surface area contributed by atoms with Gasteiger partial charge in [-0.2, -0.15) is 0 Å². The Balaban J connectivity index is 2.21. The second kappa shape index (κ2) is 5.25. The molecule has 0 radical (unpaired) electrons. The minimum absolute atomic E-state index is 0.303. The van der Waals surface area contributed by atoms with Crippen molar-refractivity contribution < 1.29 is 14.6 Å². The van der Waals surface area contributed by atoms with Crippen molar-refractivity contribution in [3.8, 4) is 0 Å². The molecule has 0 spiro atoms. The lowest BCUT2D eigenvalue weighted by Gasteiger charge is -1.95. The summed E-state index contributed by atoms with van der Waals surface area (Å²) in [6, 6.07) is 5.00. The van der Waals surface area contributed by atoms with E-state index in [4.69, 9.17) is 9.84 Å². The summed E-state index contributed by atoms with van der Waals surface area (Å²) in [5, 5.41) is 9.87. The second-order valence-corrected chi connectivity index (χ2v) is 4.66. The van der Waals surface area contributed by atoms with Crippen LogP contribution in [0.15, 0.2) is 18.2 Å². The monoisotopic (exact) mass is 251 g/mol. The van der Waals surface area contributed by atoms with Gasteiger partial charge in [-0.3, -0.25) is 0 Å². The molecule has 0 aliphatic heterocycles. The van der Waals surface area contributed by atoms with Crippen LogP contribution in [0.4, 0.5) is 0 Å². The van der Waals surface area contributed by atoms with Gasteiger partial charge in [0.15, 0.2) is 0 Å². The molecule has 90 valence electrons. The van der Waals surface area contributed by atoms with Crippen molar-refractivity contribution in [2.75, 3.05) is 13.2 Å². The summed E-state index contributed by atoms with van der Waals surface area (Å²) in [5.41, 5.74) is 1.16. The van der Waals surface area contributed by atoms with E-state index < -0.39 is 5.97 Å². The Morgan fingerprint density at radius 1 is 1.53 bits per heavy atom. The molecule has 5 heteroatoms. The first-order valence-corrected chi connectivity index (χ1v) is 6.23. The first-order valence-electron chi connectivity index (χ1n) is 5.41. The Hall–Kier alpha value is -1.46. The van der Waals surface area contributed by atoms with Crippen LogP contribution in [-0.4, -0.2) is 29.3 Å². The number of nitrogens with zero attached hydrogens (tertiary/aromatic N) is 1. The van der Waals surface area contributed by atoms with E-state index in [9.17, 15) is 4.79 Å². The number of benzene rings is 1. The van der Waals surface area contributed by atoms with Crippen molar-refractivity contribution in [3.05, 3.63) is 28.8 Å². The third-order valence-corrected chi connectivity index (χ3v) is 3.42. The summed E-state index contributed by atoms with van der Waals surface area (Å²) in [7, 11) is 0. The van der Waals surface area contributed by atoms with Gasteiger partial charge >= 0.3 is 5.97 Å². The smallest absolute Gasteiger partial charge is 0.335 e. The quantitative estimate of drug-likeness (QED) is 0.830. The highest BCUT2D eigenvalue weighted by atomic mass is 32.1. The SMILES string of the molecule is CCOCCc1nc2ccc(C(=O)O)cc2s1. The van der Waals surface area contributed by atoms with Gasteiger partial charge < -0.3 is 9.84 Å². The molecule has 1 aromatic heterocycles. The van der Waals surface area contributed by atoms with Gasteiger partial charge in [0, 0.05) is 13.0 Å². The Kier molecular flexibility index (Phi) is 3.71. The highest BCUT2D eigenvalue weighted by Crippen LogP contribution is 2.23. The van der Waals surface area contributed by atoms with E-state index in [1.54, 1.807) is 18.2 Å². The van der Waals surface area contributed by atoms with Crippen LogP contribution in [0.5, 0.6) is 0 Å². The number of hydrogen-bond donors (Lipinski definition) is 1. The zero-order valence-electron chi connectivity index (χ0n) is 9.47. The average molecular weight is 251 g/mol. The van der Waals surface area contributed by atoms with E-state index in [-0.39, 0.29) is 0 Å². The topological polar surface area (TPSA) is 59.4 Å². The van der Waals surface area contributed by atoms with Crippen LogP contribution < -0.4 is 0 Å². The van der Waals surface area contributed by atoms with Crippen molar-refractivity contribution in [3.63, 3.8) is 0 Å². The van der Waals surface area contributed by atoms with Crippen LogP contribution in [0, 0.1) is 0 Å². The molecule has 2 aromatic rings. The molecule has 0 saturated heterocycles. The number of fused-ring (bicyclic) bond motifs is 1. The zero-order chi connectivity index (χ0) is 12.3. The molecule has 1 N–H and O–H groups in total. The number of carbonyl (C=O) groups is 1. The molecule has 0 atom stereocenters. The highest BCUT2D eigenvalue weighted by Gasteiger charge is 2.08. The number of hydrogen-bond acceptors (Lipinski definition) is 4. The van der Waals surface area contributed by atoms with Crippen LogP contribution in [0.2, 0.25) is 0 Å². The molecule has 0 saturated carbocycles. The number of aromatic carboxylic acids is 1. The maximum absolute atomic E-state index is 10.8. The molecule has 0 fully saturated rings. The van der Waals surface area contributed by atoms with Gasteiger partial charge in [-0.25, -0.2) is 9.78 Å². The normalized spacial score (nSPS) is 10.9. The number of carboxylic acid groups (broad SMARTS) is 1. The number of carboxylic acids is 1. The molecule has 0 aliphatic carbocycles. The fourth-order valence-corrected chi connectivity index (χ4v) is 2.50. The lowest BCUT2D eigenvalue weighted by molar-refractivity contribution is 0.0697. The molecule has 4 nitrogen and oxygen atoms in total. The minimum atomic E-state index is -0.906. The summed E-state index contributed by atoms with van der Waals surface area (Å²) < 4.78 is 6.18. The van der Waals surface area contributed by atoms with Crippen LogP contribution in [0.3, 0.4) is 0 Å². The molecular formula is C12H13NO3S. The Bertz CT molecular complexity index is 536. The summed E-state index contributed by atoms with van der Waals surface area (Å²) in [4.78, 5) is 15.3. The third kappa shape index (κ3) is 2.81. The van der Waals surface area contributed by atoms with Crippen LogP contribution in [-0.2, 0) is 11.2 Å². The summed E-state index contributed by atoms with van der Waals surface area (Å²) >= 11 is 1.52. The van der Waals surface area contributed by atoms with Gasteiger partial charge in [0.2, 0.25) is 0 Å². The molecule has 0 amide bonds. The minimum Gasteiger partial charge on any atom is -0.478 e. The van der Waals surface area contributed by atoms with Crippen molar-refractivity contribution in [2.24, 2.45) is 0 Å². The number of aromatic nitrogens is 1. The van der Waals surface area contributed by atoms with E-state index in [1.165, 1.54) is 11.3 Å². The van der Waals surface area contributed by atoms with Gasteiger partial charge in [-0.05, 0) is 25.1 Å². The third-order valence-electron chi connectivity index (χ3n) is 2.34. The predicted molar refractivity (Wildman–Crippen MR) is 66.8 cm³/mol. The number of ether oxygens (including phenoxy) is 1. The second-order valence-electron chi connectivity index (χ2n) is 3.54. The van der Waals surface area contributed by atoms with Crippen molar-refractivity contribution in [2.45, 2.75) is 13.3 Å². The van der Waals surface area contributed by atoms with Crippen molar-refractivity contribution >= 4 is 27.5 Å². The molecule has 0 bridgehead atoms. The Morgan fingerprint density at radius 2 is 2.35 bits per heavy atom. The summed E-state index contributed by atoms with van der Waals surface area (Å²) in [6.45, 7) is 3.31. The van der Waals surface area contributed by atoms with E-state index in [2.05, 4.69) is 4.98 Å². The predicted octanol–water partition coefficient (Wildman–Crippen LogP) is 2.57. The van der Waals surface area contributed by atoms with Gasteiger partial charge in [-0.1, -0.05) is 0 Å². The molecule has 17 heavy (non-hydrogen) atoms. The lowest BCUT2D eigenvalue weighted by atomic mass is 10.2. The lowest BCUT2D eigenvalue weighted by Crippen LogP contribution is -1.96. The van der Waals surface area contributed by atoms with E-state index in [1.807, 2.05) is 6.92 Å². The van der Waals surface area contributed by atoms with Crippen LogP contribution in [0.1, 0.15) is 22.3 Å². The first-order chi connectivity index (χ1) is 8.20. The van der Waals surface area contributed by atoms with Crippen LogP contribution in [0.25, 0.3) is 10.2 Å². The van der Waals surface area contributed by atoms with Crippen LogP contribution >= 0.6 is 11.3 Å². The van der Waals surface area contributed by atoms with Gasteiger partial charge in [-0.15, -0.1) is 11.3 Å². The largest absolute Gasteiger partial charge is 0.478 e. The maximum Gasteiger partial charge on any atom is 0.335 e. The van der Waals surface area contributed by atoms with E-state index in [0.29, 0.717) is 18.8 Å². The molecule has 1 heterocycles. The van der Waals surface area contributed by atoms with E-state index in [0.717, 1.165) is 21.6 Å². The number of thiazole rings is 1. The maximum atomic E-state index is 10.8. The van der Waals surface area contributed by atoms with Crippen molar-refractivity contribution in [1.29, 1.82) is 0 Å². The van der Waals surface area contributed by atoms with Crippen molar-refractivity contribution in [1.82, 2.24) is 4.98 Å². The fraction of sp³-hybridized carbons (Fsp3) is 0.333. The molecular weight excluding hydrogens is 238 g/mol. The highest BCUT2D eigenvalue weighted by molar-refractivity contribution is 7.18. The number of rotatable bonds is 5. The molecule has 0 unspecified atom stereocenters. The molecule has 1 aromatic carbocycles. The summed E-state index contributed by atoms with van der Waals surface area (Å²) in [5.74, 6) is -0.906. The average Bonchev–Trinajstić information content (AvgIpc) is 2.70. The van der Waals surface area contributed by atoms with E-state index >= 15 is 0 Å².